The van der Waals surface area contributed by atoms with E-state index in [9.17, 15) is 18.0 Å². The molecule has 0 bridgehead atoms. The van der Waals surface area contributed by atoms with E-state index < -0.39 is 18.6 Å². The molecule has 78 valence electrons. The van der Waals surface area contributed by atoms with Crippen LogP contribution in [0.4, 0.5) is 13.2 Å². The van der Waals surface area contributed by atoms with Crippen LogP contribution < -0.4 is 5.32 Å². The molecule has 0 aliphatic rings. The van der Waals surface area contributed by atoms with Gasteiger partial charge in [0.05, 0.1) is 0 Å². The fraction of sp³-hybridized carbons (Fsp3) is 0.429. The Labute approximate surface area is 82.0 Å². The molecule has 0 unspecified atom stereocenters. The number of nitrogens with one attached hydrogen (secondary N) is 1. The molecule has 0 saturated carbocycles. The monoisotopic (exact) mass is 224 g/mol. The maximum absolute atomic E-state index is 11.7. The lowest BCUT2D eigenvalue weighted by atomic mass is 10.5. The molecule has 1 aromatic rings. The first kappa shape index (κ1) is 11.0. The van der Waals surface area contributed by atoms with Crippen LogP contribution in [0.3, 0.4) is 0 Å². The van der Waals surface area contributed by atoms with Crippen LogP contribution in [-0.2, 0) is 0 Å². The van der Waals surface area contributed by atoms with Crippen molar-refractivity contribution in [3.8, 4) is 0 Å². The molecule has 3 nitrogen and oxygen atoms in total. The minimum Gasteiger partial charge on any atom is -0.341 e. The van der Waals surface area contributed by atoms with Crippen LogP contribution in [0.2, 0.25) is 0 Å². The van der Waals surface area contributed by atoms with Crippen molar-refractivity contribution in [1.82, 2.24) is 10.3 Å². The number of aromatic nitrogens is 1. The van der Waals surface area contributed by atoms with Gasteiger partial charge in [0.1, 0.15) is 6.54 Å². The van der Waals surface area contributed by atoms with Gasteiger partial charge in [-0.1, -0.05) is 0 Å². The maximum Gasteiger partial charge on any atom is 0.405 e. The molecule has 7 heteroatoms. The van der Waals surface area contributed by atoms with Crippen LogP contribution in [0.25, 0.3) is 0 Å². The summed E-state index contributed by atoms with van der Waals surface area (Å²) in [4.78, 5) is 15.5. The van der Waals surface area contributed by atoms with Crippen molar-refractivity contribution in [2.45, 2.75) is 13.1 Å². The molecule has 0 aromatic carbocycles. The van der Waals surface area contributed by atoms with E-state index in [0.717, 1.165) is 16.2 Å². The second kappa shape index (κ2) is 3.95. The lowest BCUT2D eigenvalue weighted by molar-refractivity contribution is -0.123. The Morgan fingerprint density at radius 2 is 2.29 bits per heavy atom. The highest BCUT2D eigenvalue weighted by molar-refractivity contribution is 7.13. The molecule has 0 atom stereocenters. The third kappa shape index (κ3) is 3.33. The first-order chi connectivity index (χ1) is 6.38. The SMILES string of the molecule is Cc1cnc(C(=O)NCC(F)(F)F)s1. The first-order valence-corrected chi connectivity index (χ1v) is 4.47. The number of rotatable bonds is 2. The highest BCUT2D eigenvalue weighted by atomic mass is 32.1. The minimum absolute atomic E-state index is 0.0479. The second-order valence-corrected chi connectivity index (χ2v) is 3.81. The zero-order valence-electron chi connectivity index (χ0n) is 7.18. The number of halogens is 3. The first-order valence-electron chi connectivity index (χ1n) is 3.66. The van der Waals surface area contributed by atoms with Crippen LogP contribution in [0, 0.1) is 6.92 Å². The van der Waals surface area contributed by atoms with Crippen LogP contribution in [0.1, 0.15) is 14.7 Å². The van der Waals surface area contributed by atoms with Gasteiger partial charge in [0, 0.05) is 11.1 Å². The quantitative estimate of drug-likeness (QED) is 0.831. The summed E-state index contributed by atoms with van der Waals surface area (Å²) in [5, 5.41) is 1.78. The maximum atomic E-state index is 11.7. The molecule has 0 saturated heterocycles. The highest BCUT2D eigenvalue weighted by Gasteiger charge is 2.28. The summed E-state index contributed by atoms with van der Waals surface area (Å²) < 4.78 is 35.1. The Kier molecular flexibility index (Phi) is 3.10. The number of nitrogens with zero attached hydrogens (tertiary/aromatic N) is 1. The molecule has 0 radical (unpaired) electrons. The largest absolute Gasteiger partial charge is 0.405 e. The van der Waals surface area contributed by atoms with Gasteiger partial charge in [0.15, 0.2) is 5.01 Å². The molecule has 14 heavy (non-hydrogen) atoms. The van der Waals surface area contributed by atoms with E-state index in [1.807, 2.05) is 0 Å². The summed E-state index contributed by atoms with van der Waals surface area (Å²) in [5.41, 5.74) is 0. The Balaban J connectivity index is 2.52. The van der Waals surface area contributed by atoms with Crippen molar-refractivity contribution in [1.29, 1.82) is 0 Å². The third-order valence-corrected chi connectivity index (χ3v) is 2.18. The molecule has 0 spiro atoms. The van der Waals surface area contributed by atoms with Crippen molar-refractivity contribution >= 4 is 17.2 Å². The molecule has 1 amide bonds. The number of amides is 1. The van der Waals surface area contributed by atoms with Crippen molar-refractivity contribution in [3.63, 3.8) is 0 Å². The summed E-state index contributed by atoms with van der Waals surface area (Å²) in [6, 6.07) is 0. The summed E-state index contributed by atoms with van der Waals surface area (Å²) in [7, 11) is 0. The van der Waals surface area contributed by atoms with Crippen molar-refractivity contribution < 1.29 is 18.0 Å². The fourth-order valence-corrected chi connectivity index (χ4v) is 1.40. The van der Waals surface area contributed by atoms with Gasteiger partial charge in [-0.15, -0.1) is 11.3 Å². The minimum atomic E-state index is -4.39. The van der Waals surface area contributed by atoms with E-state index in [1.54, 1.807) is 12.2 Å². The highest BCUT2D eigenvalue weighted by Crippen LogP contribution is 2.14. The third-order valence-electron chi connectivity index (χ3n) is 1.26. The molecular formula is C7H7F3N2OS. The molecule has 0 aliphatic heterocycles. The van der Waals surface area contributed by atoms with Crippen LogP contribution in [0.15, 0.2) is 6.20 Å². The van der Waals surface area contributed by atoms with E-state index in [4.69, 9.17) is 0 Å². The Morgan fingerprint density at radius 3 is 2.71 bits per heavy atom. The van der Waals surface area contributed by atoms with Gasteiger partial charge < -0.3 is 5.32 Å². The van der Waals surface area contributed by atoms with Gasteiger partial charge in [-0.25, -0.2) is 4.98 Å². The number of aryl methyl sites for hydroxylation is 1. The summed E-state index contributed by atoms with van der Waals surface area (Å²) in [5.74, 6) is -0.791. The van der Waals surface area contributed by atoms with Crippen molar-refractivity contribution in [2.24, 2.45) is 0 Å². The van der Waals surface area contributed by atoms with E-state index in [2.05, 4.69) is 4.98 Å². The van der Waals surface area contributed by atoms with Gasteiger partial charge in [-0.2, -0.15) is 13.2 Å². The van der Waals surface area contributed by atoms with Crippen LogP contribution >= 0.6 is 11.3 Å². The van der Waals surface area contributed by atoms with Gasteiger partial charge >= 0.3 is 6.18 Å². The number of hydrogen-bond donors (Lipinski definition) is 1. The number of carbonyl (C=O) groups excluding carboxylic acids is 1. The fourth-order valence-electron chi connectivity index (χ4n) is 0.716. The summed E-state index contributed by atoms with van der Waals surface area (Å²) in [6.07, 6.45) is -2.95. The lowest BCUT2D eigenvalue weighted by Crippen LogP contribution is -2.33. The second-order valence-electron chi connectivity index (χ2n) is 2.57. The molecule has 1 aromatic heterocycles. The van der Waals surface area contributed by atoms with Gasteiger partial charge in [0.2, 0.25) is 0 Å². The molecule has 0 fully saturated rings. The number of alkyl halides is 3. The zero-order valence-corrected chi connectivity index (χ0v) is 8.00. The molecule has 1 N–H and O–H groups in total. The zero-order chi connectivity index (χ0) is 10.8. The number of hydrogen-bond acceptors (Lipinski definition) is 3. The van der Waals surface area contributed by atoms with Crippen molar-refractivity contribution in [2.75, 3.05) is 6.54 Å². The van der Waals surface area contributed by atoms with Crippen LogP contribution in [-0.4, -0.2) is 23.6 Å². The summed E-state index contributed by atoms with van der Waals surface area (Å²) in [6.45, 7) is 0.392. The van der Waals surface area contributed by atoms with E-state index in [-0.39, 0.29) is 5.01 Å². The molecular weight excluding hydrogens is 217 g/mol. The van der Waals surface area contributed by atoms with Gasteiger partial charge in [-0.05, 0) is 6.92 Å². The van der Waals surface area contributed by atoms with Gasteiger partial charge in [0.25, 0.3) is 5.91 Å². The standard InChI is InChI=1S/C7H7F3N2OS/c1-4-2-11-6(14-4)5(13)12-3-7(8,9)10/h2H,3H2,1H3,(H,12,13). The Bertz CT molecular complexity index is 334. The predicted molar refractivity (Wildman–Crippen MR) is 45.2 cm³/mol. The lowest BCUT2D eigenvalue weighted by Gasteiger charge is -2.06. The van der Waals surface area contributed by atoms with Gasteiger partial charge in [-0.3, -0.25) is 4.79 Å². The number of carbonyl (C=O) groups is 1. The molecule has 1 heterocycles. The molecule has 1 rings (SSSR count). The van der Waals surface area contributed by atoms with E-state index in [1.165, 1.54) is 6.20 Å². The topological polar surface area (TPSA) is 42.0 Å². The van der Waals surface area contributed by atoms with E-state index in [0.29, 0.717) is 0 Å². The number of thiazole rings is 1. The average molecular weight is 224 g/mol. The normalized spacial score (nSPS) is 11.4. The smallest absolute Gasteiger partial charge is 0.341 e. The predicted octanol–water partition coefficient (Wildman–Crippen LogP) is 1.74. The Morgan fingerprint density at radius 1 is 1.64 bits per heavy atom. The van der Waals surface area contributed by atoms with Crippen LogP contribution in [0.5, 0.6) is 0 Å². The van der Waals surface area contributed by atoms with E-state index >= 15 is 0 Å². The summed E-state index contributed by atoms with van der Waals surface area (Å²) >= 11 is 1.06. The molecule has 0 aliphatic carbocycles. The Hall–Kier alpha value is -1.11. The van der Waals surface area contributed by atoms with Crippen molar-refractivity contribution in [3.05, 3.63) is 16.1 Å². The average Bonchev–Trinajstić information content (AvgIpc) is 2.46.